The van der Waals surface area contributed by atoms with E-state index < -0.39 is 53.8 Å². The summed E-state index contributed by atoms with van der Waals surface area (Å²) in [6.45, 7) is 3.18. The number of nitrogens with two attached hydrogens (primary N) is 1. The lowest BCUT2D eigenvalue weighted by Crippen LogP contribution is -2.66. The molecule has 14 heteroatoms. The minimum Gasteiger partial charge on any atom is -0.508 e. The van der Waals surface area contributed by atoms with Crippen LogP contribution in [0, 0.1) is 11.7 Å². The summed E-state index contributed by atoms with van der Waals surface area (Å²) in [6.07, 6.45) is -0.470. The average molecular weight is 741 g/mol. The first-order chi connectivity index (χ1) is 24.2. The summed E-state index contributed by atoms with van der Waals surface area (Å²) in [5, 5.41) is 27.3. The van der Waals surface area contributed by atoms with Crippen LogP contribution in [0.25, 0.3) is 10.9 Å². The van der Waals surface area contributed by atoms with E-state index in [4.69, 9.17) is 28.9 Å². The van der Waals surface area contributed by atoms with Crippen molar-refractivity contribution in [3.05, 3.63) is 98.9 Å². The van der Waals surface area contributed by atoms with Crippen LogP contribution in [0.15, 0.2) is 60.7 Å². The summed E-state index contributed by atoms with van der Waals surface area (Å²) in [5.41, 5.74) is 6.89. The molecule has 1 heterocycles. The fourth-order valence-electron chi connectivity index (χ4n) is 6.67. The van der Waals surface area contributed by atoms with Gasteiger partial charge in [0, 0.05) is 28.1 Å². The average Bonchev–Trinajstić information content (AvgIpc) is 3.45. The number of nitrogens with zero attached hydrogens (tertiary/aromatic N) is 1. The van der Waals surface area contributed by atoms with Gasteiger partial charge in [-0.3, -0.25) is 19.3 Å². The number of aromatic nitrogens is 1. The van der Waals surface area contributed by atoms with Crippen LogP contribution in [-0.2, 0) is 40.2 Å². The number of halogens is 3. The Balaban J connectivity index is 1.57. The molecule has 1 aliphatic carbocycles. The number of rotatable bonds is 13. The Morgan fingerprint density at radius 2 is 1.80 bits per heavy atom. The highest BCUT2D eigenvalue weighted by Gasteiger charge is 2.47. The summed E-state index contributed by atoms with van der Waals surface area (Å²) < 4.78 is 14.8. The van der Waals surface area contributed by atoms with Gasteiger partial charge in [0.15, 0.2) is 0 Å². The zero-order chi connectivity index (χ0) is 37.0. The number of fused-ring (bicyclic) bond motifs is 3. The summed E-state index contributed by atoms with van der Waals surface area (Å²) in [6, 6.07) is 12.8. The van der Waals surface area contributed by atoms with E-state index >= 15 is 0 Å². The van der Waals surface area contributed by atoms with Crippen molar-refractivity contribution >= 4 is 57.9 Å². The number of aryl methyl sites for hydroxylation is 2. The van der Waals surface area contributed by atoms with E-state index in [0.717, 1.165) is 10.6 Å². The van der Waals surface area contributed by atoms with Crippen LogP contribution in [-0.4, -0.2) is 61.5 Å². The number of hydrogen-bond donors (Lipinski definition) is 6. The number of carbonyl (C=O) groups excluding carboxylic acids is 3. The second-order valence-corrected chi connectivity index (χ2v) is 13.9. The zero-order valence-corrected chi connectivity index (χ0v) is 29.7. The van der Waals surface area contributed by atoms with E-state index in [1.54, 1.807) is 37.3 Å². The third-order valence-electron chi connectivity index (χ3n) is 9.77. The predicted octanol–water partition coefficient (Wildman–Crippen LogP) is 5.86. The van der Waals surface area contributed by atoms with Gasteiger partial charge in [-0.15, -0.1) is 0 Å². The van der Waals surface area contributed by atoms with Crippen molar-refractivity contribution in [1.82, 2.24) is 20.5 Å². The van der Waals surface area contributed by atoms with Gasteiger partial charge in [0.1, 0.15) is 29.2 Å². The maximum absolute atomic E-state index is 14.8. The SMILES string of the molecule is CC[C@H](C)C(NC(=O)[C@@]1(NC(=O)[C@H](CCc2ccc(O)cc2)N(Cc2ccccc2F)C(=O)O)CCc2[nH]c3c(Cl)cc(Cl)cc3c2C1)C(N)=O. The molecule has 51 heavy (non-hydrogen) atoms. The molecule has 270 valence electrons. The number of carboxylic acid groups (broad SMARTS) is 1. The number of nitrogens with one attached hydrogen (secondary N) is 3. The summed E-state index contributed by atoms with van der Waals surface area (Å²) in [4.78, 5) is 58.6. The van der Waals surface area contributed by atoms with E-state index in [1.165, 1.54) is 30.3 Å². The van der Waals surface area contributed by atoms with Crippen molar-refractivity contribution < 1.29 is 33.8 Å². The number of aromatic hydroxyl groups is 1. The van der Waals surface area contributed by atoms with Gasteiger partial charge in [-0.25, -0.2) is 9.18 Å². The fourth-order valence-corrected chi connectivity index (χ4v) is 7.21. The van der Waals surface area contributed by atoms with Crippen molar-refractivity contribution in [2.75, 3.05) is 0 Å². The molecule has 5 rings (SSSR count). The molecule has 0 saturated carbocycles. The largest absolute Gasteiger partial charge is 0.508 e. The van der Waals surface area contributed by atoms with Gasteiger partial charge in [0.2, 0.25) is 17.7 Å². The monoisotopic (exact) mass is 739 g/mol. The van der Waals surface area contributed by atoms with E-state index in [2.05, 4.69) is 15.6 Å². The number of phenolic OH excluding ortho intramolecular Hbond substituents is 1. The van der Waals surface area contributed by atoms with Crippen molar-refractivity contribution in [2.45, 2.75) is 76.5 Å². The Bertz CT molecular complexity index is 1950. The van der Waals surface area contributed by atoms with Crippen LogP contribution in [0.2, 0.25) is 10.0 Å². The minimum atomic E-state index is -1.67. The lowest BCUT2D eigenvalue weighted by atomic mass is 9.78. The van der Waals surface area contributed by atoms with E-state index in [9.17, 15) is 33.8 Å². The molecular weight excluding hydrogens is 700 g/mol. The summed E-state index contributed by atoms with van der Waals surface area (Å²) in [5.74, 6) is -3.13. The van der Waals surface area contributed by atoms with Gasteiger partial charge < -0.3 is 31.6 Å². The first-order valence-corrected chi connectivity index (χ1v) is 17.4. The zero-order valence-electron chi connectivity index (χ0n) is 28.1. The molecule has 0 aliphatic heterocycles. The van der Waals surface area contributed by atoms with Gasteiger partial charge in [-0.1, -0.05) is 73.8 Å². The normalized spacial score (nSPS) is 17.2. The molecule has 0 saturated heterocycles. The second-order valence-electron chi connectivity index (χ2n) is 13.1. The van der Waals surface area contributed by atoms with Gasteiger partial charge >= 0.3 is 6.09 Å². The molecule has 11 nitrogen and oxygen atoms in total. The highest BCUT2D eigenvalue weighted by molar-refractivity contribution is 6.38. The lowest BCUT2D eigenvalue weighted by Gasteiger charge is -2.40. The van der Waals surface area contributed by atoms with Crippen molar-refractivity contribution in [3.63, 3.8) is 0 Å². The van der Waals surface area contributed by atoms with E-state index in [1.807, 2.05) is 6.92 Å². The maximum atomic E-state index is 14.8. The molecule has 4 atom stereocenters. The first-order valence-electron chi connectivity index (χ1n) is 16.6. The van der Waals surface area contributed by atoms with Crippen molar-refractivity contribution in [2.24, 2.45) is 11.7 Å². The lowest BCUT2D eigenvalue weighted by molar-refractivity contribution is -0.138. The number of carbonyl (C=O) groups is 4. The summed E-state index contributed by atoms with van der Waals surface area (Å²) >= 11 is 12.9. The fraction of sp³-hybridized carbons (Fsp3) is 0.351. The predicted molar refractivity (Wildman–Crippen MR) is 192 cm³/mol. The minimum absolute atomic E-state index is 0.0379. The Labute approximate surface area is 304 Å². The van der Waals surface area contributed by atoms with E-state index in [0.29, 0.717) is 38.5 Å². The first kappa shape index (κ1) is 37.4. The summed E-state index contributed by atoms with van der Waals surface area (Å²) in [7, 11) is 0. The third kappa shape index (κ3) is 8.23. The molecule has 1 aromatic heterocycles. The second kappa shape index (κ2) is 15.6. The molecule has 1 aliphatic rings. The molecule has 0 spiro atoms. The Morgan fingerprint density at radius 3 is 2.45 bits per heavy atom. The van der Waals surface area contributed by atoms with Crippen LogP contribution in [0.5, 0.6) is 5.75 Å². The molecule has 0 bridgehead atoms. The van der Waals surface area contributed by atoms with Crippen LogP contribution in [0.3, 0.4) is 0 Å². The van der Waals surface area contributed by atoms with Crippen LogP contribution in [0.4, 0.5) is 9.18 Å². The third-order valence-corrected chi connectivity index (χ3v) is 10.3. The van der Waals surface area contributed by atoms with Gasteiger partial charge in [0.25, 0.3) is 0 Å². The van der Waals surface area contributed by atoms with Crippen molar-refractivity contribution in [1.29, 1.82) is 0 Å². The van der Waals surface area contributed by atoms with Gasteiger partial charge in [-0.05, 0) is 73.1 Å². The number of H-pyrrole nitrogens is 1. The number of primary amides is 1. The van der Waals surface area contributed by atoms with Gasteiger partial charge in [-0.2, -0.15) is 0 Å². The highest BCUT2D eigenvalue weighted by Crippen LogP contribution is 2.38. The Kier molecular flexibility index (Phi) is 11.5. The van der Waals surface area contributed by atoms with Crippen LogP contribution >= 0.6 is 23.2 Å². The molecule has 7 N–H and O–H groups in total. The molecule has 0 radical (unpaired) electrons. The number of amides is 4. The van der Waals surface area contributed by atoms with Gasteiger partial charge in [0.05, 0.1) is 17.1 Å². The molecule has 1 unspecified atom stereocenters. The number of hydrogen-bond acceptors (Lipinski definition) is 5. The standard InChI is InChI=1S/C37H40Cl2FN5O6/c1-3-20(2)31(33(41)47)43-35(49)37(15-14-29-26(18-37)25-16-23(38)17-27(39)32(25)42-29)44-34(48)30(13-10-21-8-11-24(46)12-9-21)45(36(50)51)19-22-6-4-5-7-28(22)40/h4-9,11-12,16-17,20,30-31,42,46H,3,10,13-15,18-19H2,1-2H3,(H2,41,47)(H,43,49)(H,44,48)(H,50,51)/t20-,30-,31?,37+/m0/s1. The highest BCUT2D eigenvalue weighted by atomic mass is 35.5. The Hall–Kier alpha value is -4.81. The number of phenols is 1. The molecule has 0 fully saturated rings. The molecule has 4 aromatic rings. The topological polar surface area (TPSA) is 178 Å². The molecule has 4 amide bonds. The molecular formula is C37H40Cl2FN5O6. The smallest absolute Gasteiger partial charge is 0.408 e. The Morgan fingerprint density at radius 1 is 1.10 bits per heavy atom. The molecule has 3 aromatic carbocycles. The maximum Gasteiger partial charge on any atom is 0.408 e. The van der Waals surface area contributed by atoms with E-state index in [-0.39, 0.29) is 49.3 Å². The van der Waals surface area contributed by atoms with Crippen LogP contribution in [0.1, 0.15) is 55.5 Å². The van der Waals surface area contributed by atoms with Crippen molar-refractivity contribution in [3.8, 4) is 5.75 Å². The number of aromatic amines is 1. The quantitative estimate of drug-likeness (QED) is 0.100. The number of benzene rings is 3. The van der Waals surface area contributed by atoms with Crippen LogP contribution < -0.4 is 16.4 Å².